The Bertz CT molecular complexity index is 424. The summed E-state index contributed by atoms with van der Waals surface area (Å²) >= 11 is 0. The van der Waals surface area contributed by atoms with Gasteiger partial charge in [0.25, 0.3) is 0 Å². The van der Waals surface area contributed by atoms with Crippen molar-refractivity contribution in [2.75, 3.05) is 25.1 Å². The van der Waals surface area contributed by atoms with Crippen LogP contribution in [0.4, 0.5) is 5.69 Å². The van der Waals surface area contributed by atoms with Crippen molar-refractivity contribution in [3.63, 3.8) is 0 Å². The second-order valence-electron chi connectivity index (χ2n) is 4.28. The van der Waals surface area contributed by atoms with Gasteiger partial charge in [0, 0.05) is 18.8 Å². The highest BCUT2D eigenvalue weighted by atomic mass is 16.5. The maximum Gasteiger partial charge on any atom is 0.103 e. The molecule has 0 fully saturated rings. The number of nitrogens with zero attached hydrogens (tertiary/aromatic N) is 2. The van der Waals surface area contributed by atoms with E-state index in [2.05, 4.69) is 23.3 Å². The van der Waals surface area contributed by atoms with E-state index in [9.17, 15) is 0 Å². The Morgan fingerprint density at radius 1 is 1.39 bits per heavy atom. The molecule has 4 nitrogen and oxygen atoms in total. The number of aryl methyl sites for hydroxylation is 2. The molecule has 0 atom stereocenters. The topological polar surface area (TPSA) is 57.9 Å². The van der Waals surface area contributed by atoms with Gasteiger partial charge in [0.05, 0.1) is 23.6 Å². The fourth-order valence-electron chi connectivity index (χ4n) is 1.72. The summed E-state index contributed by atoms with van der Waals surface area (Å²) in [5.41, 5.74) is 3.16. The van der Waals surface area contributed by atoms with Crippen molar-refractivity contribution in [1.82, 2.24) is 4.98 Å². The van der Waals surface area contributed by atoms with Crippen molar-refractivity contribution in [2.24, 2.45) is 0 Å². The summed E-state index contributed by atoms with van der Waals surface area (Å²) < 4.78 is 5.47. The minimum Gasteiger partial charge on any atom is -0.382 e. The van der Waals surface area contributed by atoms with Crippen molar-refractivity contribution in [2.45, 2.75) is 33.6 Å². The first-order chi connectivity index (χ1) is 8.69. The average molecular weight is 247 g/mol. The number of anilines is 1. The Morgan fingerprint density at radius 2 is 2.17 bits per heavy atom. The highest BCUT2D eigenvalue weighted by Gasteiger charge is 2.07. The molecule has 0 amide bonds. The summed E-state index contributed by atoms with van der Waals surface area (Å²) in [5.74, 6) is 0. The van der Waals surface area contributed by atoms with E-state index in [0.717, 1.165) is 36.5 Å². The van der Waals surface area contributed by atoms with E-state index in [-0.39, 0.29) is 0 Å². The van der Waals surface area contributed by atoms with Crippen LogP contribution in [-0.4, -0.2) is 24.7 Å². The van der Waals surface area contributed by atoms with E-state index in [1.807, 2.05) is 19.9 Å². The molecule has 0 bridgehead atoms. The highest BCUT2D eigenvalue weighted by Crippen LogP contribution is 2.18. The number of rotatable bonds is 7. The summed E-state index contributed by atoms with van der Waals surface area (Å²) in [5, 5.41) is 12.3. The third-order valence-electron chi connectivity index (χ3n) is 2.64. The summed E-state index contributed by atoms with van der Waals surface area (Å²) in [6, 6.07) is 4.09. The first-order valence-electron chi connectivity index (χ1n) is 6.39. The third kappa shape index (κ3) is 4.34. The lowest BCUT2D eigenvalue weighted by atomic mass is 10.1. The number of nitriles is 1. The van der Waals surface area contributed by atoms with Crippen LogP contribution in [-0.2, 0) is 4.74 Å². The quantitative estimate of drug-likeness (QED) is 0.753. The van der Waals surface area contributed by atoms with E-state index in [4.69, 9.17) is 10.00 Å². The number of unbranched alkanes of at least 4 members (excludes halogenated alkanes) is 1. The Labute approximate surface area is 109 Å². The lowest BCUT2D eigenvalue weighted by molar-refractivity contribution is 0.141. The molecular formula is C14H21N3O. The number of pyridine rings is 1. The van der Waals surface area contributed by atoms with E-state index < -0.39 is 0 Å². The van der Waals surface area contributed by atoms with Gasteiger partial charge in [0.2, 0.25) is 0 Å². The Kier molecular flexibility index (Phi) is 6.16. The molecule has 0 aromatic carbocycles. The Hall–Kier alpha value is -1.60. The standard InChI is InChI=1S/C14H21N3O/c1-4-5-7-18-8-6-16-14-9-11(2)17-12(3)13(14)10-15/h9H,4-8H2,1-3H3,(H,16,17). The minimum absolute atomic E-state index is 0.620. The van der Waals surface area contributed by atoms with Crippen molar-refractivity contribution in [3.05, 3.63) is 23.0 Å². The first-order valence-corrected chi connectivity index (χ1v) is 6.39. The number of ether oxygens (including phenoxy) is 1. The van der Waals surface area contributed by atoms with Crippen LogP contribution >= 0.6 is 0 Å². The smallest absolute Gasteiger partial charge is 0.103 e. The Morgan fingerprint density at radius 3 is 2.83 bits per heavy atom. The fourth-order valence-corrected chi connectivity index (χ4v) is 1.72. The normalized spacial score (nSPS) is 10.1. The van der Waals surface area contributed by atoms with Gasteiger partial charge in [-0.1, -0.05) is 13.3 Å². The van der Waals surface area contributed by atoms with Crippen LogP contribution in [0.15, 0.2) is 6.07 Å². The number of hydrogen-bond acceptors (Lipinski definition) is 4. The van der Waals surface area contributed by atoms with Gasteiger partial charge in [0.15, 0.2) is 0 Å². The van der Waals surface area contributed by atoms with Crippen molar-refractivity contribution < 1.29 is 4.74 Å². The summed E-state index contributed by atoms with van der Waals surface area (Å²) in [4.78, 5) is 4.28. The molecule has 1 aromatic heterocycles. The van der Waals surface area contributed by atoms with Gasteiger partial charge in [-0.05, 0) is 26.3 Å². The molecule has 0 saturated carbocycles. The molecule has 0 spiro atoms. The second kappa shape index (κ2) is 7.67. The van der Waals surface area contributed by atoms with Gasteiger partial charge in [-0.25, -0.2) is 0 Å². The molecule has 1 rings (SSSR count). The molecule has 0 aliphatic carbocycles. The van der Waals surface area contributed by atoms with Gasteiger partial charge in [-0.15, -0.1) is 0 Å². The first kappa shape index (κ1) is 14.5. The monoisotopic (exact) mass is 247 g/mol. The van der Waals surface area contributed by atoms with Crippen LogP contribution in [0.1, 0.15) is 36.7 Å². The molecule has 0 saturated heterocycles. The molecule has 0 radical (unpaired) electrons. The summed E-state index contributed by atoms with van der Waals surface area (Å²) in [6.07, 6.45) is 2.24. The molecule has 0 unspecified atom stereocenters. The Balaban J connectivity index is 2.49. The van der Waals surface area contributed by atoms with Gasteiger partial charge in [0.1, 0.15) is 6.07 Å². The molecule has 1 heterocycles. The minimum atomic E-state index is 0.620. The molecular weight excluding hydrogens is 226 g/mol. The number of nitrogens with one attached hydrogen (secondary N) is 1. The zero-order valence-corrected chi connectivity index (χ0v) is 11.4. The zero-order valence-electron chi connectivity index (χ0n) is 11.4. The second-order valence-corrected chi connectivity index (χ2v) is 4.28. The van der Waals surface area contributed by atoms with E-state index in [1.54, 1.807) is 0 Å². The predicted octanol–water partition coefficient (Wildman–Crippen LogP) is 2.80. The highest BCUT2D eigenvalue weighted by molar-refractivity contribution is 5.59. The molecule has 0 aliphatic heterocycles. The third-order valence-corrected chi connectivity index (χ3v) is 2.64. The summed E-state index contributed by atoms with van der Waals surface area (Å²) in [7, 11) is 0. The van der Waals surface area contributed by atoms with Crippen LogP contribution < -0.4 is 5.32 Å². The number of aromatic nitrogens is 1. The summed E-state index contributed by atoms with van der Waals surface area (Å²) in [6.45, 7) is 8.10. The van der Waals surface area contributed by atoms with Crippen LogP contribution in [0.25, 0.3) is 0 Å². The van der Waals surface area contributed by atoms with Crippen molar-refractivity contribution in [1.29, 1.82) is 5.26 Å². The maximum atomic E-state index is 9.10. The maximum absolute atomic E-state index is 9.10. The largest absolute Gasteiger partial charge is 0.382 e. The van der Waals surface area contributed by atoms with Crippen LogP contribution in [0, 0.1) is 25.2 Å². The van der Waals surface area contributed by atoms with E-state index in [1.165, 1.54) is 0 Å². The average Bonchev–Trinajstić information content (AvgIpc) is 2.33. The molecule has 1 N–H and O–H groups in total. The molecule has 4 heteroatoms. The SMILES string of the molecule is CCCCOCCNc1cc(C)nc(C)c1C#N. The van der Waals surface area contributed by atoms with E-state index in [0.29, 0.717) is 18.7 Å². The zero-order chi connectivity index (χ0) is 13.4. The van der Waals surface area contributed by atoms with Crippen LogP contribution in [0.3, 0.4) is 0 Å². The lowest BCUT2D eigenvalue weighted by Crippen LogP contribution is -2.12. The molecule has 1 aromatic rings. The van der Waals surface area contributed by atoms with Crippen LogP contribution in [0.2, 0.25) is 0 Å². The van der Waals surface area contributed by atoms with Crippen LogP contribution in [0.5, 0.6) is 0 Å². The van der Waals surface area contributed by atoms with Gasteiger partial charge in [-0.3, -0.25) is 4.98 Å². The van der Waals surface area contributed by atoms with E-state index >= 15 is 0 Å². The molecule has 98 valence electrons. The lowest BCUT2D eigenvalue weighted by Gasteiger charge is -2.11. The van der Waals surface area contributed by atoms with Gasteiger partial charge >= 0.3 is 0 Å². The number of hydrogen-bond donors (Lipinski definition) is 1. The van der Waals surface area contributed by atoms with Gasteiger partial charge in [-0.2, -0.15) is 5.26 Å². The predicted molar refractivity (Wildman–Crippen MR) is 72.6 cm³/mol. The molecule has 18 heavy (non-hydrogen) atoms. The fraction of sp³-hybridized carbons (Fsp3) is 0.571. The van der Waals surface area contributed by atoms with Crippen molar-refractivity contribution in [3.8, 4) is 6.07 Å². The van der Waals surface area contributed by atoms with Crippen molar-refractivity contribution >= 4 is 5.69 Å². The van der Waals surface area contributed by atoms with Gasteiger partial charge < -0.3 is 10.1 Å². The molecule has 0 aliphatic rings.